The third kappa shape index (κ3) is 6.22. The summed E-state index contributed by atoms with van der Waals surface area (Å²) in [5.74, 6) is -1.66. The smallest absolute Gasteiger partial charge is 0.304 e. The van der Waals surface area contributed by atoms with E-state index in [1.54, 1.807) is 30.0 Å². The second-order valence-electron chi connectivity index (χ2n) is 9.81. The molecule has 0 aliphatic carbocycles. The van der Waals surface area contributed by atoms with Gasteiger partial charge >= 0.3 is 5.97 Å². The average Bonchev–Trinajstić information content (AvgIpc) is 2.78. The lowest BCUT2D eigenvalue weighted by Gasteiger charge is -2.52. The van der Waals surface area contributed by atoms with Gasteiger partial charge in [-0.15, -0.1) is 0 Å². The molecule has 36 heavy (non-hydrogen) atoms. The lowest BCUT2D eigenvalue weighted by Crippen LogP contribution is -2.58. The number of amides is 1. The van der Waals surface area contributed by atoms with Gasteiger partial charge in [0.05, 0.1) is 24.1 Å². The van der Waals surface area contributed by atoms with Crippen LogP contribution in [0.5, 0.6) is 0 Å². The van der Waals surface area contributed by atoms with Gasteiger partial charge in [0.15, 0.2) is 0 Å². The van der Waals surface area contributed by atoms with Crippen LogP contribution in [-0.4, -0.2) is 60.5 Å². The van der Waals surface area contributed by atoms with Crippen LogP contribution in [-0.2, 0) is 19.6 Å². The molecule has 0 unspecified atom stereocenters. The maximum Gasteiger partial charge on any atom is 0.304 e. The summed E-state index contributed by atoms with van der Waals surface area (Å²) in [5, 5.41) is 10.8. The van der Waals surface area contributed by atoms with Crippen molar-refractivity contribution in [3.05, 3.63) is 69.7 Å². The van der Waals surface area contributed by atoms with Crippen molar-refractivity contribution in [2.24, 2.45) is 5.41 Å². The SMILES string of the molecule is CC[C@@H](CN(C)S(C)(=O)=O)N1C(=O)[C@](C)(CC(=O)O)C[C@H](c2cccc(Cl)c2)[C@H]1c1ccc(Cl)cc1. The highest BCUT2D eigenvalue weighted by atomic mass is 35.5. The van der Waals surface area contributed by atoms with Gasteiger partial charge in [-0.1, -0.05) is 61.3 Å². The van der Waals surface area contributed by atoms with Crippen molar-refractivity contribution in [1.82, 2.24) is 9.21 Å². The largest absolute Gasteiger partial charge is 0.481 e. The number of carboxylic acid groups (broad SMARTS) is 1. The monoisotopic (exact) mass is 554 g/mol. The van der Waals surface area contributed by atoms with E-state index in [2.05, 4.69) is 0 Å². The Bertz CT molecular complexity index is 1220. The Kier molecular flexibility index (Phi) is 8.76. The first kappa shape index (κ1) is 28.4. The van der Waals surface area contributed by atoms with Gasteiger partial charge in [-0.05, 0) is 48.2 Å². The predicted octanol–water partition coefficient (Wildman–Crippen LogP) is 5.20. The number of sulfonamides is 1. The van der Waals surface area contributed by atoms with Gasteiger partial charge in [0, 0.05) is 35.6 Å². The number of carbonyl (C=O) groups excluding carboxylic acids is 1. The van der Waals surface area contributed by atoms with Crippen molar-refractivity contribution in [2.75, 3.05) is 19.8 Å². The first-order valence-corrected chi connectivity index (χ1v) is 14.3. The number of carbonyl (C=O) groups is 2. The van der Waals surface area contributed by atoms with Crippen molar-refractivity contribution >= 4 is 45.1 Å². The molecule has 0 spiro atoms. The fourth-order valence-electron chi connectivity index (χ4n) is 5.13. The molecular weight excluding hydrogens is 523 g/mol. The van der Waals surface area contributed by atoms with Gasteiger partial charge in [0.2, 0.25) is 15.9 Å². The van der Waals surface area contributed by atoms with E-state index in [0.717, 1.165) is 17.4 Å². The van der Waals surface area contributed by atoms with Crippen LogP contribution in [0.4, 0.5) is 0 Å². The Hall–Kier alpha value is -2.13. The molecule has 7 nitrogen and oxygen atoms in total. The minimum absolute atomic E-state index is 0.0799. The second kappa shape index (κ2) is 11.1. The van der Waals surface area contributed by atoms with Gasteiger partial charge in [-0.2, -0.15) is 0 Å². The highest BCUT2D eigenvalue weighted by Gasteiger charge is 2.52. The molecule has 4 atom stereocenters. The Morgan fingerprint density at radius 1 is 1.17 bits per heavy atom. The molecule has 1 aliphatic heterocycles. The van der Waals surface area contributed by atoms with Crippen molar-refractivity contribution in [3.8, 4) is 0 Å². The minimum atomic E-state index is -3.50. The van der Waals surface area contributed by atoms with Crippen LogP contribution < -0.4 is 0 Å². The summed E-state index contributed by atoms with van der Waals surface area (Å²) in [7, 11) is -2.02. The number of likely N-dealkylation sites (N-methyl/N-ethyl adjacent to an activating group) is 1. The molecule has 1 N–H and O–H groups in total. The summed E-state index contributed by atoms with van der Waals surface area (Å²) < 4.78 is 25.7. The molecular formula is C26H32Cl2N2O5S. The fraction of sp³-hybridized carbons (Fsp3) is 0.462. The zero-order valence-electron chi connectivity index (χ0n) is 20.8. The van der Waals surface area contributed by atoms with Crippen LogP contribution in [0.2, 0.25) is 10.0 Å². The lowest BCUT2D eigenvalue weighted by molar-refractivity contribution is -0.160. The van der Waals surface area contributed by atoms with Crippen molar-refractivity contribution in [1.29, 1.82) is 0 Å². The number of piperidine rings is 1. The van der Waals surface area contributed by atoms with E-state index < -0.39 is 33.5 Å². The summed E-state index contributed by atoms with van der Waals surface area (Å²) in [6, 6.07) is 13.6. The van der Waals surface area contributed by atoms with Crippen LogP contribution in [0.3, 0.4) is 0 Å². The summed E-state index contributed by atoms with van der Waals surface area (Å²) in [4.78, 5) is 27.7. The van der Waals surface area contributed by atoms with Crippen LogP contribution in [0.15, 0.2) is 48.5 Å². The molecule has 0 bridgehead atoms. The van der Waals surface area contributed by atoms with Gasteiger partial charge < -0.3 is 10.0 Å². The quantitative estimate of drug-likeness (QED) is 0.459. The molecule has 0 aromatic heterocycles. The highest BCUT2D eigenvalue weighted by molar-refractivity contribution is 7.88. The first-order valence-electron chi connectivity index (χ1n) is 11.7. The molecule has 0 radical (unpaired) electrons. The maximum absolute atomic E-state index is 14.2. The number of hydrogen-bond donors (Lipinski definition) is 1. The molecule has 1 heterocycles. The fourth-order valence-corrected chi connectivity index (χ4v) is 5.89. The topological polar surface area (TPSA) is 95.0 Å². The van der Waals surface area contributed by atoms with E-state index >= 15 is 0 Å². The number of benzene rings is 2. The van der Waals surface area contributed by atoms with E-state index in [4.69, 9.17) is 23.2 Å². The summed E-state index contributed by atoms with van der Waals surface area (Å²) in [6.07, 6.45) is 1.55. The Morgan fingerprint density at radius 3 is 2.33 bits per heavy atom. The van der Waals surface area contributed by atoms with Crippen LogP contribution in [0.25, 0.3) is 0 Å². The lowest BCUT2D eigenvalue weighted by atomic mass is 9.67. The summed E-state index contributed by atoms with van der Waals surface area (Å²) in [5.41, 5.74) is 0.511. The summed E-state index contributed by atoms with van der Waals surface area (Å²) >= 11 is 12.5. The minimum Gasteiger partial charge on any atom is -0.481 e. The number of carboxylic acids is 1. The number of halogens is 2. The van der Waals surface area contributed by atoms with Crippen molar-refractivity contribution < 1.29 is 23.1 Å². The molecule has 10 heteroatoms. The average molecular weight is 556 g/mol. The number of hydrogen-bond acceptors (Lipinski definition) is 4. The molecule has 0 saturated carbocycles. The molecule has 1 aliphatic rings. The van der Waals surface area contributed by atoms with E-state index in [0.29, 0.717) is 22.9 Å². The zero-order valence-corrected chi connectivity index (χ0v) is 23.1. The first-order chi connectivity index (χ1) is 16.8. The number of rotatable bonds is 9. The van der Waals surface area contributed by atoms with Crippen LogP contribution >= 0.6 is 23.2 Å². The van der Waals surface area contributed by atoms with E-state index in [1.165, 1.54) is 11.4 Å². The number of likely N-dealkylation sites (tertiary alicyclic amines) is 1. The van der Waals surface area contributed by atoms with E-state index in [-0.39, 0.29) is 24.8 Å². The van der Waals surface area contributed by atoms with Crippen molar-refractivity contribution in [2.45, 2.75) is 51.1 Å². The number of nitrogens with zero attached hydrogens (tertiary/aromatic N) is 2. The number of aliphatic carboxylic acids is 1. The van der Waals surface area contributed by atoms with Gasteiger partial charge in [-0.3, -0.25) is 9.59 Å². The van der Waals surface area contributed by atoms with E-state index in [1.807, 2.05) is 37.3 Å². The van der Waals surface area contributed by atoms with Crippen molar-refractivity contribution in [3.63, 3.8) is 0 Å². The maximum atomic E-state index is 14.2. The molecule has 2 aromatic rings. The highest BCUT2D eigenvalue weighted by Crippen LogP contribution is 2.52. The Morgan fingerprint density at radius 2 is 1.81 bits per heavy atom. The summed E-state index contributed by atoms with van der Waals surface area (Å²) in [6.45, 7) is 3.65. The van der Waals surface area contributed by atoms with Gasteiger partial charge in [0.25, 0.3) is 0 Å². The molecule has 3 rings (SSSR count). The molecule has 2 aromatic carbocycles. The molecule has 1 fully saturated rings. The Balaban J connectivity index is 2.24. The zero-order chi connectivity index (χ0) is 26.8. The second-order valence-corrected chi connectivity index (χ2v) is 12.8. The van der Waals surface area contributed by atoms with E-state index in [9.17, 15) is 23.1 Å². The molecule has 196 valence electrons. The third-order valence-corrected chi connectivity index (χ3v) is 8.80. The predicted molar refractivity (Wildman–Crippen MR) is 142 cm³/mol. The van der Waals surface area contributed by atoms with Gasteiger partial charge in [0.1, 0.15) is 0 Å². The molecule has 1 amide bonds. The standard InChI is InChI=1S/C26H32Cl2N2O5S/c1-5-21(16-29(3)36(4,34)35)30-24(17-9-11-19(27)12-10-17)22(18-7-6-8-20(28)13-18)14-26(2,25(30)33)15-23(31)32/h6-13,21-22,24H,5,14-16H2,1-4H3,(H,31,32)/t21-,22+,24+,26-/m0/s1. The third-order valence-electron chi connectivity index (χ3n) is 7.03. The van der Waals surface area contributed by atoms with Crippen LogP contribution in [0, 0.1) is 5.41 Å². The van der Waals surface area contributed by atoms with Crippen LogP contribution in [0.1, 0.15) is 56.2 Å². The molecule has 1 saturated heterocycles. The van der Waals surface area contributed by atoms with Gasteiger partial charge in [-0.25, -0.2) is 12.7 Å². The Labute approximate surface area is 223 Å². The normalized spacial score (nSPS) is 23.6.